The van der Waals surface area contributed by atoms with Crippen molar-refractivity contribution in [3.05, 3.63) is 34.0 Å². The number of hydrogen-bond donors (Lipinski definition) is 4. The van der Waals surface area contributed by atoms with Crippen molar-refractivity contribution in [2.45, 2.75) is 75.6 Å². The number of carboxylic acids is 1. The summed E-state index contributed by atoms with van der Waals surface area (Å²) in [5, 5.41) is 39.2. The van der Waals surface area contributed by atoms with E-state index in [1.807, 2.05) is 19.1 Å². The molecule has 1 heterocycles. The van der Waals surface area contributed by atoms with E-state index in [0.29, 0.717) is 24.1 Å². The second kappa shape index (κ2) is 11.3. The Morgan fingerprint density at radius 2 is 2.14 bits per heavy atom. The van der Waals surface area contributed by atoms with Crippen molar-refractivity contribution in [3.8, 4) is 0 Å². The van der Waals surface area contributed by atoms with Gasteiger partial charge in [0, 0.05) is 22.6 Å². The Morgan fingerprint density at radius 3 is 2.79 bits per heavy atom. The largest absolute Gasteiger partial charge is 0.477 e. The zero-order valence-corrected chi connectivity index (χ0v) is 17.8. The van der Waals surface area contributed by atoms with E-state index in [4.69, 9.17) is 16.7 Å². The second-order valence-electron chi connectivity index (χ2n) is 7.65. The number of alkyl halides is 1. The summed E-state index contributed by atoms with van der Waals surface area (Å²) < 4.78 is 0. The molecule has 0 spiro atoms. The van der Waals surface area contributed by atoms with Crippen LogP contribution in [0.15, 0.2) is 24.3 Å². The molecule has 1 fully saturated rings. The molecule has 0 saturated heterocycles. The van der Waals surface area contributed by atoms with Crippen molar-refractivity contribution in [3.63, 3.8) is 0 Å². The van der Waals surface area contributed by atoms with Crippen LogP contribution < -0.4 is 0 Å². The number of hydrogen-bond acceptors (Lipinski definition) is 5. The van der Waals surface area contributed by atoms with E-state index in [2.05, 4.69) is 0 Å². The number of halogens is 1. The van der Waals surface area contributed by atoms with Gasteiger partial charge < -0.3 is 20.4 Å². The van der Waals surface area contributed by atoms with Crippen molar-refractivity contribution >= 4 is 28.9 Å². The van der Waals surface area contributed by atoms with E-state index in [1.54, 1.807) is 12.1 Å². The summed E-state index contributed by atoms with van der Waals surface area (Å²) in [5.74, 6) is -0.901. The monoisotopic (exact) mass is 430 g/mol. The van der Waals surface area contributed by atoms with Gasteiger partial charge in [0.2, 0.25) is 0 Å². The van der Waals surface area contributed by atoms with Crippen molar-refractivity contribution in [1.82, 2.24) is 0 Å². The van der Waals surface area contributed by atoms with Crippen molar-refractivity contribution in [2.24, 2.45) is 11.8 Å². The number of aromatic carboxylic acids is 1. The van der Waals surface area contributed by atoms with Crippen molar-refractivity contribution in [2.75, 3.05) is 0 Å². The zero-order valence-electron chi connectivity index (χ0n) is 16.2. The fourth-order valence-corrected chi connectivity index (χ4v) is 5.30. The van der Waals surface area contributed by atoms with Gasteiger partial charge in [-0.2, -0.15) is 0 Å². The maximum Gasteiger partial charge on any atom is 0.345 e. The molecule has 0 bridgehead atoms. The fraction of sp³-hybridized carbons (Fsp3) is 0.667. The summed E-state index contributed by atoms with van der Waals surface area (Å²) in [5.41, 5.74) is 0. The third-order valence-electron chi connectivity index (χ3n) is 5.39. The predicted molar refractivity (Wildman–Crippen MR) is 112 cm³/mol. The summed E-state index contributed by atoms with van der Waals surface area (Å²) in [4.78, 5) is 12.4. The van der Waals surface area contributed by atoms with Crippen molar-refractivity contribution in [1.29, 1.82) is 0 Å². The quantitative estimate of drug-likeness (QED) is 0.316. The molecule has 0 radical (unpaired) electrons. The molecular formula is C21H31ClO5S. The van der Waals surface area contributed by atoms with E-state index >= 15 is 0 Å². The summed E-state index contributed by atoms with van der Waals surface area (Å²) in [6.07, 6.45) is 6.58. The minimum absolute atomic E-state index is 0.111. The standard InChI is InChI=1S/C21H31ClO5S/c1-2-4-13(23)11-14(24)7-9-17-16(18(22)12-19(17)25)6-3-5-15-8-10-20(28-15)21(26)27/h7-10,13-14,16-19,23-25H,2-6,11-12H2,1H3,(H,26,27)/b9-7+/t13?,14-,16-,17-,18-,19-/m1/s1. The van der Waals surface area contributed by atoms with Crippen LogP contribution >= 0.6 is 22.9 Å². The first-order valence-electron chi connectivity index (χ1n) is 10.00. The number of aliphatic hydroxyl groups is 3. The molecule has 0 amide bonds. The molecule has 6 atom stereocenters. The van der Waals surface area contributed by atoms with E-state index in [9.17, 15) is 20.1 Å². The second-order valence-corrected chi connectivity index (χ2v) is 9.38. The van der Waals surface area contributed by atoms with Gasteiger partial charge in [0.25, 0.3) is 0 Å². The lowest BCUT2D eigenvalue weighted by atomic mass is 9.89. The maximum absolute atomic E-state index is 11.0. The molecule has 4 N–H and O–H groups in total. The Balaban J connectivity index is 1.88. The zero-order chi connectivity index (χ0) is 20.7. The molecule has 5 nitrogen and oxygen atoms in total. The Hall–Kier alpha value is -0.920. The minimum Gasteiger partial charge on any atom is -0.477 e. The highest BCUT2D eigenvalue weighted by molar-refractivity contribution is 7.13. The molecule has 158 valence electrons. The lowest BCUT2D eigenvalue weighted by Crippen LogP contribution is -2.20. The highest BCUT2D eigenvalue weighted by Gasteiger charge is 2.39. The van der Waals surface area contributed by atoms with Crippen LogP contribution in [0.25, 0.3) is 0 Å². The summed E-state index contributed by atoms with van der Waals surface area (Å²) in [7, 11) is 0. The molecule has 1 aliphatic carbocycles. The van der Waals surface area contributed by atoms with E-state index in [0.717, 1.165) is 30.6 Å². The molecule has 28 heavy (non-hydrogen) atoms. The van der Waals surface area contributed by atoms with Gasteiger partial charge in [0.05, 0.1) is 18.3 Å². The third kappa shape index (κ3) is 6.85. The molecule has 1 aromatic rings. The van der Waals surface area contributed by atoms with E-state index < -0.39 is 24.3 Å². The summed E-state index contributed by atoms with van der Waals surface area (Å²) in [6.45, 7) is 1.99. The van der Waals surface area contributed by atoms with E-state index in [-0.39, 0.29) is 17.2 Å². The topological polar surface area (TPSA) is 98.0 Å². The van der Waals surface area contributed by atoms with Gasteiger partial charge >= 0.3 is 5.97 Å². The van der Waals surface area contributed by atoms with Crippen LogP contribution in [0.5, 0.6) is 0 Å². The van der Waals surface area contributed by atoms with Crippen LogP contribution in [-0.4, -0.2) is 50.1 Å². The molecular weight excluding hydrogens is 400 g/mol. The van der Waals surface area contributed by atoms with Gasteiger partial charge in [0.1, 0.15) is 4.88 Å². The SMILES string of the molecule is CCCC(O)C[C@H](O)/C=C/[C@@H]1[C@@H](CCCc2ccc(C(=O)O)s2)[C@H](Cl)C[C@H]1O. The first-order valence-corrected chi connectivity index (χ1v) is 11.3. The Bertz CT molecular complexity index is 646. The molecule has 1 aromatic heterocycles. The lowest BCUT2D eigenvalue weighted by Gasteiger charge is -2.21. The molecule has 1 saturated carbocycles. The maximum atomic E-state index is 11.0. The van der Waals surface area contributed by atoms with Gasteiger partial charge in [0.15, 0.2) is 0 Å². The molecule has 1 unspecified atom stereocenters. The number of aryl methyl sites for hydroxylation is 1. The Morgan fingerprint density at radius 1 is 1.39 bits per heavy atom. The number of carbonyl (C=O) groups is 1. The van der Waals surface area contributed by atoms with Crippen LogP contribution in [0.3, 0.4) is 0 Å². The molecule has 0 aliphatic heterocycles. The smallest absolute Gasteiger partial charge is 0.345 e. The number of rotatable bonds is 11. The van der Waals surface area contributed by atoms with Crippen molar-refractivity contribution < 1.29 is 25.2 Å². The van der Waals surface area contributed by atoms with Crippen LogP contribution in [0.2, 0.25) is 0 Å². The molecule has 0 aromatic carbocycles. The highest BCUT2D eigenvalue weighted by Crippen LogP contribution is 2.40. The Labute approximate surface area is 175 Å². The highest BCUT2D eigenvalue weighted by atomic mass is 35.5. The fourth-order valence-electron chi connectivity index (χ4n) is 3.94. The van der Waals surface area contributed by atoms with Crippen LogP contribution in [0, 0.1) is 11.8 Å². The number of carboxylic acid groups (broad SMARTS) is 1. The van der Waals surface area contributed by atoms with Gasteiger partial charge in [-0.3, -0.25) is 0 Å². The normalized spacial score (nSPS) is 27.3. The summed E-state index contributed by atoms with van der Waals surface area (Å²) >= 11 is 7.76. The molecule has 2 rings (SSSR count). The van der Waals surface area contributed by atoms with Crippen LogP contribution in [0.4, 0.5) is 0 Å². The van der Waals surface area contributed by atoms with Crippen LogP contribution in [0.1, 0.15) is 60.0 Å². The molecule has 7 heteroatoms. The van der Waals surface area contributed by atoms with Crippen LogP contribution in [-0.2, 0) is 6.42 Å². The Kier molecular flexibility index (Phi) is 9.44. The number of thiophene rings is 1. The third-order valence-corrected chi connectivity index (χ3v) is 7.03. The van der Waals surface area contributed by atoms with Gasteiger partial charge in [-0.15, -0.1) is 22.9 Å². The minimum atomic E-state index is -0.899. The van der Waals surface area contributed by atoms with Gasteiger partial charge in [-0.05, 0) is 50.2 Å². The van der Waals surface area contributed by atoms with Gasteiger partial charge in [-0.1, -0.05) is 25.5 Å². The first kappa shape index (κ1) is 23.4. The lowest BCUT2D eigenvalue weighted by molar-refractivity contribution is 0.0702. The average molecular weight is 431 g/mol. The predicted octanol–water partition coefficient (Wildman–Crippen LogP) is 3.84. The summed E-state index contributed by atoms with van der Waals surface area (Å²) in [6, 6.07) is 3.48. The van der Waals surface area contributed by atoms with E-state index in [1.165, 1.54) is 11.3 Å². The average Bonchev–Trinajstić information content (AvgIpc) is 3.19. The number of aliphatic hydroxyl groups excluding tert-OH is 3. The first-order chi connectivity index (χ1) is 13.3. The van der Waals surface area contributed by atoms with Gasteiger partial charge in [-0.25, -0.2) is 4.79 Å². The molecule has 1 aliphatic rings.